The van der Waals surface area contributed by atoms with Crippen molar-refractivity contribution in [3.05, 3.63) is 64.1 Å². The molecule has 2 aromatic carbocycles. The van der Waals surface area contributed by atoms with Crippen LogP contribution in [0.4, 0.5) is 4.79 Å². The van der Waals surface area contributed by atoms with Crippen molar-refractivity contribution in [2.24, 2.45) is 0 Å². The summed E-state index contributed by atoms with van der Waals surface area (Å²) < 4.78 is 11.6. The van der Waals surface area contributed by atoms with Crippen LogP contribution in [0.3, 0.4) is 0 Å². The number of imide groups is 1. The molecule has 8 heteroatoms. The van der Waals surface area contributed by atoms with Crippen molar-refractivity contribution >= 4 is 33.8 Å². The molecule has 0 saturated heterocycles. The number of nitrogens with one attached hydrogen (secondary N) is 2. The number of halogens is 1. The number of hydrogen-bond donors (Lipinski definition) is 2. The first-order valence-corrected chi connectivity index (χ1v) is 9.50. The van der Waals surface area contributed by atoms with E-state index in [9.17, 15) is 14.4 Å². The van der Waals surface area contributed by atoms with Gasteiger partial charge in [0.25, 0.3) is 5.91 Å². The van der Waals surface area contributed by atoms with Gasteiger partial charge in [0.05, 0.1) is 0 Å². The maximum atomic E-state index is 12.3. The van der Waals surface area contributed by atoms with Crippen molar-refractivity contribution < 1.29 is 23.9 Å². The molecule has 0 aliphatic rings. The molecule has 7 nitrogen and oxygen atoms in total. The summed E-state index contributed by atoms with van der Waals surface area (Å²) in [7, 11) is 0. The van der Waals surface area contributed by atoms with Crippen molar-refractivity contribution in [1.82, 2.24) is 10.6 Å². The number of carbonyl (C=O) groups is 3. The number of hydrogen-bond acceptors (Lipinski definition) is 5. The highest BCUT2D eigenvalue weighted by molar-refractivity contribution is 9.10. The number of rotatable bonds is 8. The molecule has 0 saturated carbocycles. The summed E-state index contributed by atoms with van der Waals surface area (Å²) in [5, 5.41) is 4.58. The molecule has 2 rings (SSSR count). The third-order valence-electron chi connectivity index (χ3n) is 3.57. The fourth-order valence-electron chi connectivity index (χ4n) is 2.19. The summed E-state index contributed by atoms with van der Waals surface area (Å²) in [5.74, 6) is -1.09. The topological polar surface area (TPSA) is 93.7 Å². The zero-order valence-electron chi connectivity index (χ0n) is 15.4. The third-order valence-corrected chi connectivity index (χ3v) is 4.34. The summed E-state index contributed by atoms with van der Waals surface area (Å²) in [4.78, 5) is 35.4. The number of ether oxygens (including phenoxy) is 2. The van der Waals surface area contributed by atoms with Crippen molar-refractivity contribution in [3.8, 4) is 5.75 Å². The highest BCUT2D eigenvalue weighted by atomic mass is 79.9. The van der Waals surface area contributed by atoms with E-state index >= 15 is 0 Å². The zero-order chi connectivity index (χ0) is 20.4. The lowest BCUT2D eigenvalue weighted by Crippen LogP contribution is -2.41. The molecule has 0 fully saturated rings. The van der Waals surface area contributed by atoms with Crippen LogP contribution in [-0.2, 0) is 16.1 Å². The van der Waals surface area contributed by atoms with Gasteiger partial charge in [-0.05, 0) is 24.6 Å². The van der Waals surface area contributed by atoms with Crippen molar-refractivity contribution in [2.75, 3.05) is 13.2 Å². The Kier molecular flexibility index (Phi) is 8.48. The van der Waals surface area contributed by atoms with Crippen LogP contribution < -0.4 is 15.4 Å². The smallest absolute Gasteiger partial charge is 0.342 e. The van der Waals surface area contributed by atoms with Gasteiger partial charge >= 0.3 is 12.0 Å². The van der Waals surface area contributed by atoms with Gasteiger partial charge in [-0.2, -0.15) is 0 Å². The van der Waals surface area contributed by atoms with Gasteiger partial charge in [0, 0.05) is 16.6 Å². The van der Waals surface area contributed by atoms with Gasteiger partial charge in [-0.3, -0.25) is 10.1 Å². The fraction of sp³-hybridized carbons (Fsp3) is 0.250. The molecule has 0 spiro atoms. The van der Waals surface area contributed by atoms with E-state index in [1.165, 1.54) is 0 Å². The first-order valence-electron chi connectivity index (χ1n) is 8.71. The van der Waals surface area contributed by atoms with Crippen LogP contribution in [0, 0.1) is 0 Å². The Morgan fingerprint density at radius 1 is 1.04 bits per heavy atom. The summed E-state index contributed by atoms with van der Waals surface area (Å²) in [6.07, 6.45) is 0.743. The average molecular weight is 449 g/mol. The minimum Gasteiger partial charge on any atom is -0.488 e. The lowest BCUT2D eigenvalue weighted by Gasteiger charge is -2.12. The minimum atomic E-state index is -0.716. The van der Waals surface area contributed by atoms with Crippen LogP contribution in [0.25, 0.3) is 0 Å². The average Bonchev–Trinajstić information content (AvgIpc) is 2.70. The normalized spacial score (nSPS) is 10.1. The molecule has 0 aromatic heterocycles. The summed E-state index contributed by atoms with van der Waals surface area (Å²) in [5.41, 5.74) is 1.11. The van der Waals surface area contributed by atoms with Gasteiger partial charge in [-0.1, -0.05) is 53.2 Å². The largest absolute Gasteiger partial charge is 0.488 e. The van der Waals surface area contributed by atoms with Crippen molar-refractivity contribution in [2.45, 2.75) is 20.0 Å². The Labute approximate surface area is 171 Å². The molecular weight excluding hydrogens is 428 g/mol. The van der Waals surface area contributed by atoms with Gasteiger partial charge in [0.15, 0.2) is 6.61 Å². The Morgan fingerprint density at radius 3 is 2.50 bits per heavy atom. The Bertz CT molecular complexity index is 841. The van der Waals surface area contributed by atoms with E-state index in [4.69, 9.17) is 9.47 Å². The molecule has 148 valence electrons. The van der Waals surface area contributed by atoms with Crippen LogP contribution in [0.15, 0.2) is 53.0 Å². The van der Waals surface area contributed by atoms with E-state index in [0.717, 1.165) is 16.5 Å². The van der Waals surface area contributed by atoms with E-state index in [1.54, 1.807) is 24.3 Å². The molecular formula is C20H21BrN2O5. The molecule has 0 radical (unpaired) electrons. The quantitative estimate of drug-likeness (QED) is 0.603. The second kappa shape index (κ2) is 11.1. The Hall–Kier alpha value is -2.87. The second-order valence-electron chi connectivity index (χ2n) is 5.76. The SMILES string of the molecule is CCCNC(=O)NC(=O)COC(=O)c1ccccc1OCc1ccccc1Br. The standard InChI is InChI=1S/C20H21BrN2O5/c1-2-11-22-20(26)23-18(24)13-28-19(25)15-8-4-6-10-17(15)27-12-14-7-3-5-9-16(14)21/h3-10H,2,11-13H2,1H3,(H2,22,23,24,26). The van der Waals surface area contributed by atoms with Crippen LogP contribution in [-0.4, -0.2) is 31.1 Å². The Balaban J connectivity index is 1.92. The number of carbonyl (C=O) groups excluding carboxylic acids is 3. The fourth-order valence-corrected chi connectivity index (χ4v) is 2.59. The molecule has 0 atom stereocenters. The number of benzene rings is 2. The molecule has 2 aromatic rings. The molecule has 0 aliphatic heterocycles. The van der Waals surface area contributed by atoms with Gasteiger partial charge in [-0.15, -0.1) is 0 Å². The third kappa shape index (κ3) is 6.70. The zero-order valence-corrected chi connectivity index (χ0v) is 17.0. The van der Waals surface area contributed by atoms with Gasteiger partial charge < -0.3 is 14.8 Å². The highest BCUT2D eigenvalue weighted by Gasteiger charge is 2.16. The summed E-state index contributed by atoms with van der Waals surface area (Å²) in [6, 6.07) is 13.5. The van der Waals surface area contributed by atoms with Gasteiger partial charge in [0.1, 0.15) is 17.9 Å². The number of amides is 3. The number of esters is 1. The Morgan fingerprint density at radius 2 is 1.75 bits per heavy atom. The molecule has 0 aliphatic carbocycles. The first-order chi connectivity index (χ1) is 13.5. The second-order valence-corrected chi connectivity index (χ2v) is 6.61. The van der Waals surface area contributed by atoms with Crippen LogP contribution in [0.5, 0.6) is 5.75 Å². The summed E-state index contributed by atoms with van der Waals surface area (Å²) >= 11 is 3.44. The van der Waals surface area contributed by atoms with Crippen LogP contribution in [0.1, 0.15) is 29.3 Å². The van der Waals surface area contributed by atoms with Crippen LogP contribution >= 0.6 is 15.9 Å². The highest BCUT2D eigenvalue weighted by Crippen LogP contribution is 2.22. The number of para-hydroxylation sites is 1. The van der Waals surface area contributed by atoms with E-state index in [1.807, 2.05) is 31.2 Å². The van der Waals surface area contributed by atoms with Crippen molar-refractivity contribution in [1.29, 1.82) is 0 Å². The summed E-state index contributed by atoms with van der Waals surface area (Å²) in [6.45, 7) is 2.02. The monoisotopic (exact) mass is 448 g/mol. The predicted molar refractivity (Wildman–Crippen MR) is 107 cm³/mol. The van der Waals surface area contributed by atoms with Gasteiger partial charge in [0.2, 0.25) is 0 Å². The lowest BCUT2D eigenvalue weighted by molar-refractivity contribution is -0.123. The molecule has 0 bridgehead atoms. The predicted octanol–water partition coefficient (Wildman–Crippen LogP) is 3.42. The van der Waals surface area contributed by atoms with E-state index in [0.29, 0.717) is 12.3 Å². The maximum Gasteiger partial charge on any atom is 0.342 e. The lowest BCUT2D eigenvalue weighted by atomic mass is 10.2. The molecule has 28 heavy (non-hydrogen) atoms. The minimum absolute atomic E-state index is 0.192. The molecule has 2 N–H and O–H groups in total. The van der Waals surface area contributed by atoms with E-state index in [2.05, 4.69) is 26.6 Å². The number of urea groups is 1. The molecule has 0 heterocycles. The van der Waals surface area contributed by atoms with E-state index in [-0.39, 0.29) is 12.2 Å². The first kappa shape index (κ1) is 21.4. The van der Waals surface area contributed by atoms with Crippen LogP contribution in [0.2, 0.25) is 0 Å². The maximum absolute atomic E-state index is 12.3. The van der Waals surface area contributed by atoms with E-state index < -0.39 is 24.5 Å². The molecule has 3 amide bonds. The van der Waals surface area contributed by atoms with Gasteiger partial charge in [-0.25, -0.2) is 9.59 Å². The van der Waals surface area contributed by atoms with Crippen molar-refractivity contribution in [3.63, 3.8) is 0 Å². The molecule has 0 unspecified atom stereocenters.